The number of aromatic nitrogens is 1. The van der Waals surface area contributed by atoms with E-state index in [1.54, 1.807) is 36.3 Å². The summed E-state index contributed by atoms with van der Waals surface area (Å²) in [6, 6.07) is 18.8. The van der Waals surface area contributed by atoms with E-state index in [1.807, 2.05) is 54.8 Å². The molecule has 1 amide bonds. The molecule has 1 aromatic heterocycles. The lowest BCUT2D eigenvalue weighted by Crippen LogP contribution is -2.21. The second-order valence-electron chi connectivity index (χ2n) is 5.44. The number of nitrogens with zero attached hydrogens (tertiary/aromatic N) is 1. The summed E-state index contributed by atoms with van der Waals surface area (Å²) in [4.78, 5) is 17.2. The van der Waals surface area contributed by atoms with Gasteiger partial charge in [-0.1, -0.05) is 0 Å². The number of rotatable bonds is 7. The van der Waals surface area contributed by atoms with Gasteiger partial charge in [0.2, 0.25) is 5.91 Å². The van der Waals surface area contributed by atoms with Gasteiger partial charge in [0.15, 0.2) is 0 Å². The molecule has 0 atom stereocenters. The van der Waals surface area contributed by atoms with Gasteiger partial charge in [0.25, 0.3) is 0 Å². The molecule has 2 aromatic carbocycles. The lowest BCUT2D eigenvalue weighted by atomic mass is 10.3. The number of nitrogens with one attached hydrogen (secondary N) is 2. The zero-order valence-electron chi connectivity index (χ0n) is 14.3. The van der Waals surface area contributed by atoms with Crippen molar-refractivity contribution in [2.45, 2.75) is 4.90 Å². The van der Waals surface area contributed by atoms with Crippen molar-refractivity contribution in [3.8, 4) is 11.5 Å². The molecule has 26 heavy (non-hydrogen) atoms. The van der Waals surface area contributed by atoms with Crippen molar-refractivity contribution >= 4 is 29.0 Å². The van der Waals surface area contributed by atoms with Crippen LogP contribution in [-0.4, -0.2) is 23.7 Å². The highest BCUT2D eigenvalue weighted by Gasteiger charge is 2.03. The minimum absolute atomic E-state index is 0.0981. The maximum atomic E-state index is 12.0. The molecular weight excluding hydrogens is 346 g/mol. The molecule has 3 aromatic rings. The van der Waals surface area contributed by atoms with Gasteiger partial charge in [0, 0.05) is 28.7 Å². The Balaban J connectivity index is 1.48. The van der Waals surface area contributed by atoms with Gasteiger partial charge >= 0.3 is 0 Å². The third-order valence-corrected chi connectivity index (χ3v) is 4.31. The second kappa shape index (κ2) is 8.92. The highest BCUT2D eigenvalue weighted by Crippen LogP contribution is 2.22. The van der Waals surface area contributed by atoms with Crippen LogP contribution in [-0.2, 0) is 4.79 Å². The molecule has 6 heteroatoms. The Morgan fingerprint density at radius 1 is 0.923 bits per heavy atom. The maximum absolute atomic E-state index is 12.0. The summed E-state index contributed by atoms with van der Waals surface area (Å²) in [5, 5.41) is 5.96. The number of pyridine rings is 1. The van der Waals surface area contributed by atoms with E-state index in [0.29, 0.717) is 0 Å². The molecule has 0 spiro atoms. The number of ether oxygens (including phenoxy) is 1. The first-order valence-electron chi connectivity index (χ1n) is 8.09. The van der Waals surface area contributed by atoms with Crippen LogP contribution in [0, 0.1) is 0 Å². The van der Waals surface area contributed by atoms with Crippen LogP contribution in [0.25, 0.3) is 0 Å². The lowest BCUT2D eigenvalue weighted by molar-refractivity contribution is -0.114. The van der Waals surface area contributed by atoms with Crippen LogP contribution in [0.1, 0.15) is 0 Å². The van der Waals surface area contributed by atoms with E-state index in [2.05, 4.69) is 15.6 Å². The highest BCUT2D eigenvalue weighted by atomic mass is 32.2. The van der Waals surface area contributed by atoms with Crippen LogP contribution in [0.3, 0.4) is 0 Å². The molecule has 0 saturated heterocycles. The van der Waals surface area contributed by atoms with Crippen LogP contribution in [0.5, 0.6) is 11.5 Å². The Labute approximate surface area is 156 Å². The highest BCUT2D eigenvalue weighted by molar-refractivity contribution is 7.98. The zero-order valence-corrected chi connectivity index (χ0v) is 15.1. The summed E-state index contributed by atoms with van der Waals surface area (Å²) in [5.74, 6) is 1.35. The molecule has 3 rings (SSSR count). The van der Waals surface area contributed by atoms with E-state index in [1.165, 1.54) is 0 Å². The number of anilines is 2. The molecule has 0 aliphatic heterocycles. The Bertz CT molecular complexity index is 837. The van der Waals surface area contributed by atoms with Gasteiger partial charge in [-0.05, 0) is 66.9 Å². The van der Waals surface area contributed by atoms with Crippen molar-refractivity contribution in [2.24, 2.45) is 0 Å². The fraction of sp³-hybridized carbons (Fsp3) is 0.100. The molecule has 2 N–H and O–H groups in total. The smallest absolute Gasteiger partial charge is 0.243 e. The molecule has 0 bridgehead atoms. The van der Waals surface area contributed by atoms with Gasteiger partial charge in [0.1, 0.15) is 11.5 Å². The molecule has 0 radical (unpaired) electrons. The number of amides is 1. The summed E-state index contributed by atoms with van der Waals surface area (Å²) in [5.41, 5.74) is 1.63. The monoisotopic (exact) mass is 365 g/mol. The summed E-state index contributed by atoms with van der Waals surface area (Å²) >= 11 is 1.67. The third kappa shape index (κ3) is 5.26. The van der Waals surface area contributed by atoms with Gasteiger partial charge in [-0.25, -0.2) is 0 Å². The van der Waals surface area contributed by atoms with Gasteiger partial charge < -0.3 is 15.4 Å². The molecule has 0 aliphatic rings. The topological polar surface area (TPSA) is 63.2 Å². The fourth-order valence-electron chi connectivity index (χ4n) is 2.25. The minimum Gasteiger partial charge on any atom is -0.457 e. The van der Waals surface area contributed by atoms with E-state index < -0.39 is 0 Å². The molecule has 0 fully saturated rings. The molecule has 1 heterocycles. The van der Waals surface area contributed by atoms with Crippen LogP contribution in [0.15, 0.2) is 78.0 Å². The van der Waals surface area contributed by atoms with Crippen molar-refractivity contribution in [1.82, 2.24) is 4.98 Å². The van der Waals surface area contributed by atoms with Crippen LogP contribution >= 0.6 is 11.8 Å². The number of hydrogen-bond acceptors (Lipinski definition) is 5. The van der Waals surface area contributed by atoms with Crippen LogP contribution in [0.4, 0.5) is 11.4 Å². The average Bonchev–Trinajstić information content (AvgIpc) is 2.69. The first kappa shape index (κ1) is 17.8. The van der Waals surface area contributed by atoms with E-state index in [0.717, 1.165) is 27.8 Å². The molecule has 0 saturated carbocycles. The van der Waals surface area contributed by atoms with Gasteiger partial charge in [-0.15, -0.1) is 11.8 Å². The number of thioether (sulfide) groups is 1. The maximum Gasteiger partial charge on any atom is 0.243 e. The lowest BCUT2D eigenvalue weighted by Gasteiger charge is -2.09. The first-order chi connectivity index (χ1) is 12.7. The number of carbonyl (C=O) groups is 1. The minimum atomic E-state index is -0.0981. The second-order valence-corrected chi connectivity index (χ2v) is 6.32. The largest absolute Gasteiger partial charge is 0.457 e. The summed E-state index contributed by atoms with van der Waals surface area (Å²) in [7, 11) is 0. The molecule has 132 valence electrons. The number of benzene rings is 2. The molecule has 5 nitrogen and oxygen atoms in total. The van der Waals surface area contributed by atoms with Crippen molar-refractivity contribution in [3.63, 3.8) is 0 Å². The van der Waals surface area contributed by atoms with Gasteiger partial charge in [0.05, 0.1) is 6.54 Å². The quantitative estimate of drug-likeness (QED) is 0.597. The Morgan fingerprint density at radius 3 is 2.19 bits per heavy atom. The number of carbonyl (C=O) groups excluding carboxylic acids is 1. The standard InChI is InChI=1S/C20H19N3O2S/c1-26-19-8-4-16(5-9-19)23-20(24)14-22-15-2-6-17(7-3-15)25-18-10-12-21-13-11-18/h2-13,22H,14H2,1H3,(H,23,24). The van der Waals surface area contributed by atoms with Gasteiger partial charge in [-0.2, -0.15) is 0 Å². The van der Waals surface area contributed by atoms with Crippen molar-refractivity contribution in [3.05, 3.63) is 73.1 Å². The molecular formula is C20H19N3O2S. The Morgan fingerprint density at radius 2 is 1.54 bits per heavy atom. The van der Waals surface area contributed by atoms with E-state index >= 15 is 0 Å². The molecule has 0 unspecified atom stereocenters. The fourth-order valence-corrected chi connectivity index (χ4v) is 2.65. The Hall–Kier alpha value is -2.99. The van der Waals surface area contributed by atoms with E-state index in [4.69, 9.17) is 4.74 Å². The summed E-state index contributed by atoms with van der Waals surface area (Å²) in [6.07, 6.45) is 5.38. The van der Waals surface area contributed by atoms with E-state index in [9.17, 15) is 4.79 Å². The first-order valence-corrected chi connectivity index (χ1v) is 9.31. The normalized spacial score (nSPS) is 10.2. The Kier molecular flexibility index (Phi) is 6.11. The van der Waals surface area contributed by atoms with Crippen molar-refractivity contribution in [2.75, 3.05) is 23.4 Å². The van der Waals surface area contributed by atoms with Crippen LogP contribution in [0.2, 0.25) is 0 Å². The van der Waals surface area contributed by atoms with Crippen molar-refractivity contribution in [1.29, 1.82) is 0 Å². The predicted octanol–water partition coefficient (Wildman–Crippen LogP) is 4.65. The third-order valence-electron chi connectivity index (χ3n) is 3.57. The van der Waals surface area contributed by atoms with Crippen LogP contribution < -0.4 is 15.4 Å². The zero-order chi connectivity index (χ0) is 18.2. The SMILES string of the molecule is CSc1ccc(NC(=O)CNc2ccc(Oc3ccncc3)cc2)cc1. The van der Waals surface area contributed by atoms with Crippen molar-refractivity contribution < 1.29 is 9.53 Å². The average molecular weight is 365 g/mol. The summed E-state index contributed by atoms with van der Waals surface area (Å²) in [6.45, 7) is 0.189. The molecule has 0 aliphatic carbocycles. The number of hydrogen-bond donors (Lipinski definition) is 2. The predicted molar refractivity (Wildman–Crippen MR) is 106 cm³/mol. The van der Waals surface area contributed by atoms with Gasteiger partial charge in [-0.3, -0.25) is 9.78 Å². The van der Waals surface area contributed by atoms with E-state index in [-0.39, 0.29) is 12.5 Å². The summed E-state index contributed by atoms with van der Waals surface area (Å²) < 4.78 is 5.71.